The van der Waals surface area contributed by atoms with Crippen molar-refractivity contribution in [2.24, 2.45) is 5.73 Å². The lowest BCUT2D eigenvalue weighted by Gasteiger charge is -2.32. The maximum absolute atomic E-state index is 12.8. The Morgan fingerprint density at radius 3 is 2.18 bits per heavy atom. The number of nitrogens with zero attached hydrogens (tertiary/aromatic N) is 2. The highest BCUT2D eigenvalue weighted by Gasteiger charge is 2.26. The molecule has 1 heterocycles. The number of carbonyl (C=O) groups excluding carboxylic acids is 1. The average Bonchev–Trinajstić information content (AvgIpc) is 3.21. The lowest BCUT2D eigenvalue weighted by Crippen LogP contribution is -2.38. The molecule has 1 aliphatic heterocycles. The van der Waals surface area contributed by atoms with Crippen LogP contribution in [-0.4, -0.2) is 42.4 Å². The first-order valence-corrected chi connectivity index (χ1v) is 9.49. The van der Waals surface area contributed by atoms with E-state index in [1.54, 1.807) is 0 Å². The van der Waals surface area contributed by atoms with E-state index in [9.17, 15) is 4.79 Å². The van der Waals surface area contributed by atoms with Crippen LogP contribution >= 0.6 is 24.8 Å². The van der Waals surface area contributed by atoms with E-state index in [0.29, 0.717) is 19.5 Å². The van der Waals surface area contributed by atoms with Gasteiger partial charge >= 0.3 is 0 Å². The van der Waals surface area contributed by atoms with Crippen molar-refractivity contribution >= 4 is 30.7 Å². The molecule has 154 valence electrons. The first-order valence-electron chi connectivity index (χ1n) is 9.49. The molecular weight excluding hydrogens is 393 g/mol. The number of hydrogen-bond acceptors (Lipinski definition) is 3. The third-order valence-electron chi connectivity index (χ3n) is 5.32. The number of carbonyl (C=O) groups is 1. The smallest absolute Gasteiger partial charge is 0.226 e. The van der Waals surface area contributed by atoms with E-state index < -0.39 is 0 Å². The van der Waals surface area contributed by atoms with Crippen molar-refractivity contribution in [2.45, 2.75) is 31.8 Å². The minimum Gasteiger partial charge on any atom is -0.344 e. The summed E-state index contributed by atoms with van der Waals surface area (Å²) in [5.41, 5.74) is 9.18. The molecule has 2 aromatic rings. The first kappa shape index (κ1) is 24.4. The Kier molecular flexibility index (Phi) is 10.5. The lowest BCUT2D eigenvalue weighted by atomic mass is 10.0. The standard InChI is InChI=1S/C22H29N3O.2ClH/c1-24(22(26)15-19-11-5-6-12-20(19)16-23)17-21(25-13-7-8-14-25)18-9-3-2-4-10-18;;/h2-6,9-12,21H,7-8,13-17,23H2,1H3;2*1H. The minimum absolute atomic E-state index is 0. The van der Waals surface area contributed by atoms with Gasteiger partial charge in [-0.3, -0.25) is 9.69 Å². The summed E-state index contributed by atoms with van der Waals surface area (Å²) in [5.74, 6) is 0.144. The van der Waals surface area contributed by atoms with E-state index >= 15 is 0 Å². The predicted molar refractivity (Wildman–Crippen MR) is 120 cm³/mol. The van der Waals surface area contributed by atoms with Crippen LogP contribution in [-0.2, 0) is 17.8 Å². The van der Waals surface area contributed by atoms with Gasteiger partial charge in [0.15, 0.2) is 0 Å². The van der Waals surface area contributed by atoms with Gasteiger partial charge in [0, 0.05) is 20.1 Å². The van der Waals surface area contributed by atoms with E-state index in [2.05, 4.69) is 29.2 Å². The van der Waals surface area contributed by atoms with Crippen LogP contribution in [0.3, 0.4) is 0 Å². The van der Waals surface area contributed by atoms with Crippen LogP contribution in [0.25, 0.3) is 0 Å². The molecule has 2 aromatic carbocycles. The van der Waals surface area contributed by atoms with E-state index in [-0.39, 0.29) is 36.8 Å². The van der Waals surface area contributed by atoms with Crippen molar-refractivity contribution in [3.8, 4) is 0 Å². The third-order valence-corrected chi connectivity index (χ3v) is 5.32. The molecule has 1 aliphatic rings. The number of halogens is 2. The van der Waals surface area contributed by atoms with Gasteiger partial charge in [-0.15, -0.1) is 24.8 Å². The Morgan fingerprint density at radius 1 is 1.00 bits per heavy atom. The highest BCUT2D eigenvalue weighted by atomic mass is 35.5. The molecule has 0 saturated carbocycles. The fraction of sp³-hybridized carbons (Fsp3) is 0.409. The number of rotatable bonds is 7. The molecule has 0 radical (unpaired) electrons. The van der Waals surface area contributed by atoms with E-state index in [1.165, 1.54) is 18.4 Å². The first-order chi connectivity index (χ1) is 12.7. The van der Waals surface area contributed by atoms with E-state index in [0.717, 1.165) is 24.2 Å². The van der Waals surface area contributed by atoms with Gasteiger partial charge in [0.05, 0.1) is 12.5 Å². The predicted octanol–water partition coefficient (Wildman–Crippen LogP) is 3.83. The zero-order valence-corrected chi connectivity index (χ0v) is 18.1. The molecule has 1 fully saturated rings. The quantitative estimate of drug-likeness (QED) is 0.735. The molecule has 0 spiro atoms. The fourth-order valence-electron chi connectivity index (χ4n) is 3.75. The van der Waals surface area contributed by atoms with Crippen molar-refractivity contribution in [1.29, 1.82) is 0 Å². The maximum atomic E-state index is 12.8. The Morgan fingerprint density at radius 2 is 1.57 bits per heavy atom. The Hall–Kier alpha value is -1.59. The second kappa shape index (κ2) is 12.1. The van der Waals surface area contributed by atoms with Crippen LogP contribution in [0.1, 0.15) is 35.6 Å². The summed E-state index contributed by atoms with van der Waals surface area (Å²) in [5, 5.41) is 0. The molecule has 0 aromatic heterocycles. The van der Waals surface area contributed by atoms with E-state index in [1.807, 2.05) is 42.3 Å². The molecule has 0 aliphatic carbocycles. The van der Waals surface area contributed by atoms with Crippen LogP contribution in [0, 0.1) is 0 Å². The van der Waals surface area contributed by atoms with Gasteiger partial charge in [-0.1, -0.05) is 54.6 Å². The van der Waals surface area contributed by atoms with Crippen LogP contribution in [0.5, 0.6) is 0 Å². The molecular formula is C22H31Cl2N3O. The number of benzene rings is 2. The Labute approximate surface area is 180 Å². The molecule has 1 atom stereocenters. The normalized spacial score (nSPS) is 14.6. The number of nitrogens with two attached hydrogens (primary N) is 1. The van der Waals surface area contributed by atoms with Crippen LogP contribution in [0.15, 0.2) is 54.6 Å². The molecule has 6 heteroatoms. The van der Waals surface area contributed by atoms with Gasteiger partial charge in [-0.05, 0) is 42.6 Å². The van der Waals surface area contributed by atoms with Gasteiger partial charge in [0.1, 0.15) is 0 Å². The van der Waals surface area contributed by atoms with Crippen molar-refractivity contribution in [3.05, 3.63) is 71.3 Å². The fourth-order valence-corrected chi connectivity index (χ4v) is 3.75. The Bertz CT molecular complexity index is 721. The second-order valence-corrected chi connectivity index (χ2v) is 7.09. The van der Waals surface area contributed by atoms with E-state index in [4.69, 9.17) is 5.73 Å². The summed E-state index contributed by atoms with van der Waals surface area (Å²) >= 11 is 0. The largest absolute Gasteiger partial charge is 0.344 e. The maximum Gasteiger partial charge on any atom is 0.226 e. The zero-order valence-electron chi connectivity index (χ0n) is 16.4. The summed E-state index contributed by atoms with van der Waals surface area (Å²) in [4.78, 5) is 17.2. The molecule has 3 rings (SSSR count). The van der Waals surface area contributed by atoms with Crippen molar-refractivity contribution in [3.63, 3.8) is 0 Å². The second-order valence-electron chi connectivity index (χ2n) is 7.09. The van der Waals surface area contributed by atoms with Crippen molar-refractivity contribution in [2.75, 3.05) is 26.7 Å². The molecule has 1 saturated heterocycles. The van der Waals surface area contributed by atoms with Gasteiger partial charge < -0.3 is 10.6 Å². The van der Waals surface area contributed by atoms with Gasteiger partial charge in [-0.2, -0.15) is 0 Å². The number of likely N-dealkylation sites (tertiary alicyclic amines) is 1. The third kappa shape index (κ3) is 6.21. The number of amides is 1. The van der Waals surface area contributed by atoms with Gasteiger partial charge in [-0.25, -0.2) is 0 Å². The van der Waals surface area contributed by atoms with Crippen LogP contribution in [0.4, 0.5) is 0 Å². The minimum atomic E-state index is 0. The molecule has 0 bridgehead atoms. The summed E-state index contributed by atoms with van der Waals surface area (Å²) in [6.45, 7) is 3.40. The number of likely N-dealkylation sites (N-methyl/N-ethyl adjacent to an activating group) is 1. The molecule has 4 nitrogen and oxygen atoms in total. The van der Waals surface area contributed by atoms with Crippen molar-refractivity contribution < 1.29 is 4.79 Å². The van der Waals surface area contributed by atoms with Crippen LogP contribution in [0.2, 0.25) is 0 Å². The topological polar surface area (TPSA) is 49.6 Å². The summed E-state index contributed by atoms with van der Waals surface area (Å²) in [7, 11) is 1.92. The summed E-state index contributed by atoms with van der Waals surface area (Å²) < 4.78 is 0. The molecule has 2 N–H and O–H groups in total. The zero-order chi connectivity index (χ0) is 18.4. The summed E-state index contributed by atoms with van der Waals surface area (Å²) in [6.07, 6.45) is 2.89. The molecule has 1 amide bonds. The molecule has 28 heavy (non-hydrogen) atoms. The van der Waals surface area contributed by atoms with Gasteiger partial charge in [0.2, 0.25) is 5.91 Å². The van der Waals surface area contributed by atoms with Crippen LogP contribution < -0.4 is 5.73 Å². The highest BCUT2D eigenvalue weighted by molar-refractivity contribution is 5.85. The molecule has 1 unspecified atom stereocenters. The SMILES string of the molecule is CN(CC(c1ccccc1)N1CCCC1)C(=O)Cc1ccccc1CN.Cl.Cl. The summed E-state index contributed by atoms with van der Waals surface area (Å²) in [6, 6.07) is 18.8. The lowest BCUT2D eigenvalue weighted by molar-refractivity contribution is -0.129. The van der Waals surface area contributed by atoms with Gasteiger partial charge in [0.25, 0.3) is 0 Å². The van der Waals surface area contributed by atoms with Crippen molar-refractivity contribution in [1.82, 2.24) is 9.80 Å². The monoisotopic (exact) mass is 423 g/mol. The number of hydrogen-bond donors (Lipinski definition) is 1. The Balaban J connectivity index is 0.00000196. The average molecular weight is 424 g/mol. The highest BCUT2D eigenvalue weighted by Crippen LogP contribution is 2.26.